The standard InChI is InChI=1S/C35H35F3N4O2/c1-3-39-34(44)32(26-9-5-4-6-10-26)42-22-20-41(21-23-42)29-18-16-28(17-19-29)40-33(43)30-11-7-8-24(2)31(30)25-12-14-27(15-13-25)35(36,37)38/h4-19,32H,3,20-23H2,1-2H3,(H,39,44)(H,40,43). The van der Waals surface area contributed by atoms with E-state index in [1.807, 2.05) is 74.5 Å². The van der Waals surface area contributed by atoms with Crippen LogP contribution in [-0.2, 0) is 11.0 Å². The fourth-order valence-corrected chi connectivity index (χ4v) is 5.69. The van der Waals surface area contributed by atoms with Crippen molar-refractivity contribution in [3.8, 4) is 11.1 Å². The lowest BCUT2D eigenvalue weighted by molar-refractivity contribution is -0.137. The fraction of sp³-hybridized carbons (Fsp3) is 0.257. The Morgan fingerprint density at radius 1 is 0.818 bits per heavy atom. The van der Waals surface area contributed by atoms with Gasteiger partial charge in [0.25, 0.3) is 5.91 Å². The molecule has 1 heterocycles. The summed E-state index contributed by atoms with van der Waals surface area (Å²) in [5, 5.41) is 5.91. The van der Waals surface area contributed by atoms with Crippen LogP contribution in [0, 0.1) is 6.92 Å². The van der Waals surface area contributed by atoms with Crippen LogP contribution in [0.4, 0.5) is 24.5 Å². The fourth-order valence-electron chi connectivity index (χ4n) is 5.69. The van der Waals surface area contributed by atoms with Crippen molar-refractivity contribution in [1.29, 1.82) is 0 Å². The lowest BCUT2D eigenvalue weighted by Gasteiger charge is -2.39. The number of nitrogens with zero attached hydrogens (tertiary/aromatic N) is 2. The highest BCUT2D eigenvalue weighted by molar-refractivity contribution is 6.09. The van der Waals surface area contributed by atoms with Crippen molar-refractivity contribution in [1.82, 2.24) is 10.2 Å². The summed E-state index contributed by atoms with van der Waals surface area (Å²) in [4.78, 5) is 30.8. The van der Waals surface area contributed by atoms with Crippen molar-refractivity contribution in [3.63, 3.8) is 0 Å². The highest BCUT2D eigenvalue weighted by Gasteiger charge is 2.31. The van der Waals surface area contributed by atoms with Crippen LogP contribution in [0.15, 0.2) is 97.1 Å². The van der Waals surface area contributed by atoms with Gasteiger partial charge in [0, 0.05) is 49.7 Å². The van der Waals surface area contributed by atoms with Gasteiger partial charge in [0.05, 0.1) is 5.56 Å². The SMILES string of the molecule is CCNC(=O)C(c1ccccc1)N1CCN(c2ccc(NC(=O)c3cccc(C)c3-c3ccc(C(F)(F)F)cc3)cc2)CC1. The van der Waals surface area contributed by atoms with Crippen LogP contribution >= 0.6 is 0 Å². The molecule has 44 heavy (non-hydrogen) atoms. The van der Waals surface area contributed by atoms with Gasteiger partial charge in [-0.3, -0.25) is 14.5 Å². The maximum absolute atomic E-state index is 13.4. The predicted octanol–water partition coefficient (Wildman–Crippen LogP) is 6.93. The third-order valence-corrected chi connectivity index (χ3v) is 7.90. The zero-order chi connectivity index (χ0) is 31.3. The maximum Gasteiger partial charge on any atom is 0.416 e. The lowest BCUT2D eigenvalue weighted by atomic mass is 9.94. The molecule has 1 unspecified atom stereocenters. The van der Waals surface area contributed by atoms with Gasteiger partial charge in [0.15, 0.2) is 0 Å². The van der Waals surface area contributed by atoms with Gasteiger partial charge in [-0.05, 0) is 78.6 Å². The Labute approximate surface area is 255 Å². The number of nitrogens with one attached hydrogen (secondary N) is 2. The van der Waals surface area contributed by atoms with E-state index in [0.29, 0.717) is 28.9 Å². The lowest BCUT2D eigenvalue weighted by Crippen LogP contribution is -2.51. The molecule has 1 aliphatic heterocycles. The van der Waals surface area contributed by atoms with Crippen LogP contribution in [0.2, 0.25) is 0 Å². The van der Waals surface area contributed by atoms with Crippen LogP contribution in [-0.4, -0.2) is 49.4 Å². The van der Waals surface area contributed by atoms with Crippen LogP contribution < -0.4 is 15.5 Å². The molecule has 9 heteroatoms. The first-order valence-corrected chi connectivity index (χ1v) is 14.7. The highest BCUT2D eigenvalue weighted by Crippen LogP contribution is 2.34. The van der Waals surface area contributed by atoms with E-state index in [4.69, 9.17) is 0 Å². The Hall–Kier alpha value is -4.63. The number of rotatable bonds is 8. The molecule has 2 N–H and O–H groups in total. The van der Waals surface area contributed by atoms with E-state index in [2.05, 4.69) is 20.4 Å². The Kier molecular flexibility index (Phi) is 9.35. The number of anilines is 2. The number of alkyl halides is 3. The number of carbonyl (C=O) groups excluding carboxylic acids is 2. The van der Waals surface area contributed by atoms with Gasteiger partial charge < -0.3 is 15.5 Å². The van der Waals surface area contributed by atoms with Gasteiger partial charge in [-0.2, -0.15) is 13.2 Å². The molecular formula is C35H35F3N4O2. The van der Waals surface area contributed by atoms with E-state index in [9.17, 15) is 22.8 Å². The van der Waals surface area contributed by atoms with Crippen molar-refractivity contribution in [2.75, 3.05) is 42.9 Å². The molecule has 0 radical (unpaired) electrons. The van der Waals surface area contributed by atoms with E-state index >= 15 is 0 Å². The Balaban J connectivity index is 1.25. The molecule has 0 aliphatic carbocycles. The number of aryl methyl sites for hydroxylation is 1. The summed E-state index contributed by atoms with van der Waals surface area (Å²) in [5.74, 6) is -0.343. The molecule has 2 amide bonds. The second-order valence-corrected chi connectivity index (χ2v) is 10.8. The molecule has 228 valence electrons. The molecule has 0 saturated carbocycles. The molecule has 5 rings (SSSR count). The minimum Gasteiger partial charge on any atom is -0.369 e. The van der Waals surface area contributed by atoms with Crippen molar-refractivity contribution >= 4 is 23.2 Å². The second-order valence-electron chi connectivity index (χ2n) is 10.8. The van der Waals surface area contributed by atoms with Crippen molar-refractivity contribution < 1.29 is 22.8 Å². The number of amides is 2. The third kappa shape index (κ3) is 6.94. The summed E-state index contributed by atoms with van der Waals surface area (Å²) in [6, 6.07) is 27.2. The number of benzene rings is 4. The monoisotopic (exact) mass is 600 g/mol. The minimum atomic E-state index is -4.43. The zero-order valence-electron chi connectivity index (χ0n) is 24.7. The Morgan fingerprint density at radius 2 is 1.48 bits per heavy atom. The summed E-state index contributed by atoms with van der Waals surface area (Å²) in [6.45, 7) is 7.25. The van der Waals surface area contributed by atoms with E-state index in [0.717, 1.165) is 55.1 Å². The molecule has 0 bridgehead atoms. The molecule has 1 saturated heterocycles. The molecule has 0 spiro atoms. The van der Waals surface area contributed by atoms with Crippen LogP contribution in [0.25, 0.3) is 11.1 Å². The van der Waals surface area contributed by atoms with Crippen LogP contribution in [0.5, 0.6) is 0 Å². The number of halogens is 3. The largest absolute Gasteiger partial charge is 0.416 e. The molecule has 1 aliphatic rings. The number of hydrogen-bond acceptors (Lipinski definition) is 4. The smallest absolute Gasteiger partial charge is 0.369 e. The maximum atomic E-state index is 13.4. The van der Waals surface area contributed by atoms with Gasteiger partial charge >= 0.3 is 6.18 Å². The molecule has 4 aromatic rings. The van der Waals surface area contributed by atoms with E-state index < -0.39 is 11.7 Å². The Morgan fingerprint density at radius 3 is 2.09 bits per heavy atom. The zero-order valence-corrected chi connectivity index (χ0v) is 24.7. The summed E-state index contributed by atoms with van der Waals surface area (Å²) in [5.41, 5.74) is 4.16. The van der Waals surface area contributed by atoms with Gasteiger partial charge in [0.2, 0.25) is 5.91 Å². The summed E-state index contributed by atoms with van der Waals surface area (Å²) < 4.78 is 39.2. The van der Waals surface area contributed by atoms with E-state index in [1.54, 1.807) is 12.1 Å². The number of likely N-dealkylation sites (N-methyl/N-ethyl adjacent to an activating group) is 1. The molecular weight excluding hydrogens is 565 g/mol. The van der Waals surface area contributed by atoms with Gasteiger partial charge in [0.1, 0.15) is 6.04 Å². The van der Waals surface area contributed by atoms with Gasteiger partial charge in [-0.15, -0.1) is 0 Å². The first-order valence-electron chi connectivity index (χ1n) is 14.7. The van der Waals surface area contributed by atoms with Crippen LogP contribution in [0.1, 0.15) is 40.0 Å². The van der Waals surface area contributed by atoms with E-state index in [-0.39, 0.29) is 17.9 Å². The number of carbonyl (C=O) groups is 2. The van der Waals surface area contributed by atoms with Crippen molar-refractivity contribution in [2.45, 2.75) is 26.1 Å². The molecule has 4 aromatic carbocycles. The molecule has 0 aromatic heterocycles. The summed E-state index contributed by atoms with van der Waals surface area (Å²) in [7, 11) is 0. The average molecular weight is 601 g/mol. The second kappa shape index (κ2) is 13.3. The highest BCUT2D eigenvalue weighted by atomic mass is 19.4. The van der Waals surface area contributed by atoms with Gasteiger partial charge in [-0.25, -0.2) is 0 Å². The first kappa shape index (κ1) is 30.8. The number of piperazine rings is 1. The molecule has 1 fully saturated rings. The quantitative estimate of drug-likeness (QED) is 0.230. The normalized spacial score (nSPS) is 14.6. The molecule has 1 atom stereocenters. The van der Waals surface area contributed by atoms with Crippen molar-refractivity contribution in [2.24, 2.45) is 0 Å². The van der Waals surface area contributed by atoms with E-state index in [1.165, 1.54) is 12.1 Å². The predicted molar refractivity (Wildman–Crippen MR) is 168 cm³/mol. The topological polar surface area (TPSA) is 64.7 Å². The third-order valence-electron chi connectivity index (χ3n) is 7.90. The first-order chi connectivity index (χ1) is 21.2. The number of hydrogen-bond donors (Lipinski definition) is 2. The van der Waals surface area contributed by atoms with Crippen LogP contribution in [0.3, 0.4) is 0 Å². The van der Waals surface area contributed by atoms with Crippen molar-refractivity contribution in [3.05, 3.63) is 119 Å². The van der Waals surface area contributed by atoms with Gasteiger partial charge in [-0.1, -0.05) is 54.6 Å². The summed E-state index contributed by atoms with van der Waals surface area (Å²) in [6.07, 6.45) is -4.43. The average Bonchev–Trinajstić information content (AvgIpc) is 3.02. The summed E-state index contributed by atoms with van der Waals surface area (Å²) >= 11 is 0. The molecule has 6 nitrogen and oxygen atoms in total. The minimum absolute atomic E-state index is 0.00216. The Bertz CT molecular complexity index is 1580.